The summed E-state index contributed by atoms with van der Waals surface area (Å²) >= 11 is 0. The molecule has 0 radical (unpaired) electrons. The first-order valence-electron chi connectivity index (χ1n) is 10.8. The van der Waals surface area contributed by atoms with Gasteiger partial charge in [-0.15, -0.1) is 0 Å². The highest BCUT2D eigenvalue weighted by molar-refractivity contribution is 5.89. The van der Waals surface area contributed by atoms with Crippen LogP contribution in [0.1, 0.15) is 18.7 Å². The van der Waals surface area contributed by atoms with Gasteiger partial charge in [-0.05, 0) is 31.2 Å². The number of piperidine rings is 1. The lowest BCUT2D eigenvalue weighted by Gasteiger charge is -2.45. The highest BCUT2D eigenvalue weighted by Crippen LogP contribution is 2.41. The maximum Gasteiger partial charge on any atom is 0.410 e. The van der Waals surface area contributed by atoms with E-state index in [9.17, 15) is 14.0 Å². The largest absolute Gasteiger partial charge is 0.440 e. The van der Waals surface area contributed by atoms with Gasteiger partial charge in [0, 0.05) is 57.4 Å². The lowest BCUT2D eigenvalue weighted by atomic mass is 9.83. The minimum absolute atomic E-state index is 0.212. The number of fused-ring (bicyclic) bond motifs is 2. The molecule has 2 aromatic rings. The molecule has 9 nitrogen and oxygen atoms in total. The summed E-state index contributed by atoms with van der Waals surface area (Å²) in [6, 6.07) is 7.17. The normalized spacial score (nSPS) is 22.0. The maximum absolute atomic E-state index is 13.5. The number of benzene rings is 1. The lowest BCUT2D eigenvalue weighted by molar-refractivity contribution is 0.000749. The smallest absolute Gasteiger partial charge is 0.410 e. The summed E-state index contributed by atoms with van der Waals surface area (Å²) < 4.78 is 19.4. The second-order valence-electron chi connectivity index (χ2n) is 8.48. The molecular formula is C22H25FN6O3. The number of hydrogen-bond acceptors (Lipinski definition) is 6. The number of anilines is 2. The number of aromatic nitrogens is 2. The van der Waals surface area contributed by atoms with E-state index in [1.807, 2.05) is 13.0 Å². The van der Waals surface area contributed by atoms with Gasteiger partial charge in [-0.2, -0.15) is 0 Å². The third-order valence-corrected chi connectivity index (χ3v) is 6.57. The fourth-order valence-electron chi connectivity index (χ4n) is 4.87. The second kappa shape index (κ2) is 7.92. The highest BCUT2D eigenvalue weighted by atomic mass is 19.1. The van der Waals surface area contributed by atoms with Gasteiger partial charge in [0.1, 0.15) is 23.1 Å². The summed E-state index contributed by atoms with van der Waals surface area (Å²) in [5.41, 5.74) is -0.229. The zero-order valence-corrected chi connectivity index (χ0v) is 17.8. The van der Waals surface area contributed by atoms with Crippen molar-refractivity contribution in [2.24, 2.45) is 0 Å². The van der Waals surface area contributed by atoms with E-state index in [0.717, 1.165) is 5.82 Å². The standard InChI is InChI=1S/C22H25FN6O3/c1-15-24-8-5-19(25-15)27-9-6-22(7-10-27)18-14-28(11-12-29(18)21(31)32-22)20(30)26-17-4-2-3-16(23)13-17/h2-5,8,13,18H,6-7,9-12,14H2,1H3,(H,26,30). The van der Waals surface area contributed by atoms with Gasteiger partial charge >= 0.3 is 12.1 Å². The highest BCUT2D eigenvalue weighted by Gasteiger charge is 2.57. The molecule has 1 aromatic carbocycles. The maximum atomic E-state index is 13.5. The molecule has 10 heteroatoms. The Labute approximate surface area is 185 Å². The first kappa shape index (κ1) is 20.5. The van der Waals surface area contributed by atoms with Gasteiger partial charge in [-0.1, -0.05) is 6.07 Å². The topological polar surface area (TPSA) is 90.9 Å². The molecule has 3 amide bonds. The minimum Gasteiger partial charge on any atom is -0.440 e. The Hall–Kier alpha value is -3.43. The zero-order valence-electron chi connectivity index (χ0n) is 17.8. The van der Waals surface area contributed by atoms with Crippen molar-refractivity contribution < 1.29 is 18.7 Å². The van der Waals surface area contributed by atoms with Gasteiger partial charge in [0.05, 0.1) is 6.04 Å². The van der Waals surface area contributed by atoms with E-state index >= 15 is 0 Å². The molecule has 0 bridgehead atoms. The molecule has 5 rings (SSSR count). The van der Waals surface area contributed by atoms with E-state index in [1.54, 1.807) is 28.1 Å². The summed E-state index contributed by atoms with van der Waals surface area (Å²) in [5.74, 6) is 1.17. The van der Waals surface area contributed by atoms with E-state index in [0.29, 0.717) is 57.1 Å². The van der Waals surface area contributed by atoms with Crippen LogP contribution in [-0.2, 0) is 4.74 Å². The van der Waals surface area contributed by atoms with E-state index in [1.165, 1.54) is 12.1 Å². The number of hydrogen-bond donors (Lipinski definition) is 1. The number of carbonyl (C=O) groups excluding carboxylic acids is 2. The summed E-state index contributed by atoms with van der Waals surface area (Å²) in [6.45, 7) is 4.44. The Morgan fingerprint density at radius 3 is 2.78 bits per heavy atom. The zero-order chi connectivity index (χ0) is 22.3. The van der Waals surface area contributed by atoms with Gasteiger partial charge in [0.2, 0.25) is 0 Å². The van der Waals surface area contributed by atoms with Gasteiger partial charge in [-0.25, -0.2) is 23.9 Å². The summed E-state index contributed by atoms with van der Waals surface area (Å²) in [5, 5.41) is 2.75. The molecule has 3 fully saturated rings. The summed E-state index contributed by atoms with van der Waals surface area (Å²) in [4.78, 5) is 39.7. The van der Waals surface area contributed by atoms with Crippen LogP contribution in [0, 0.1) is 12.7 Å². The van der Waals surface area contributed by atoms with Gasteiger partial charge in [0.15, 0.2) is 0 Å². The Morgan fingerprint density at radius 2 is 2.03 bits per heavy atom. The quantitative estimate of drug-likeness (QED) is 0.772. The molecule has 3 aliphatic rings. The molecule has 1 aromatic heterocycles. The number of piperazine rings is 1. The second-order valence-corrected chi connectivity index (χ2v) is 8.48. The average molecular weight is 440 g/mol. The van der Waals surface area contributed by atoms with Crippen LogP contribution in [0.15, 0.2) is 36.5 Å². The number of urea groups is 1. The van der Waals surface area contributed by atoms with E-state index in [4.69, 9.17) is 4.74 Å². The molecule has 1 N–H and O–H groups in total. The van der Waals surface area contributed by atoms with Crippen LogP contribution in [0.25, 0.3) is 0 Å². The van der Waals surface area contributed by atoms with Crippen LogP contribution >= 0.6 is 0 Å². The van der Waals surface area contributed by atoms with E-state index < -0.39 is 11.4 Å². The van der Waals surface area contributed by atoms with Crippen molar-refractivity contribution in [2.75, 3.05) is 42.9 Å². The molecular weight excluding hydrogens is 415 g/mol. The molecule has 1 unspecified atom stereocenters. The number of halogens is 1. The van der Waals surface area contributed by atoms with Crippen molar-refractivity contribution in [1.82, 2.24) is 19.8 Å². The van der Waals surface area contributed by atoms with Crippen LogP contribution in [-0.4, -0.2) is 76.3 Å². The Kier molecular flexibility index (Phi) is 5.07. The van der Waals surface area contributed by atoms with Gasteiger partial charge < -0.3 is 19.9 Å². The fraction of sp³-hybridized carbons (Fsp3) is 0.455. The van der Waals surface area contributed by atoms with Crippen molar-refractivity contribution >= 4 is 23.6 Å². The van der Waals surface area contributed by atoms with Gasteiger partial charge in [0.25, 0.3) is 0 Å². The van der Waals surface area contributed by atoms with Crippen molar-refractivity contribution in [3.05, 3.63) is 48.2 Å². The molecule has 3 saturated heterocycles. The molecule has 0 aliphatic carbocycles. The third-order valence-electron chi connectivity index (χ3n) is 6.57. The third kappa shape index (κ3) is 3.69. The molecule has 1 atom stereocenters. The lowest BCUT2D eigenvalue weighted by Crippen LogP contribution is -2.61. The van der Waals surface area contributed by atoms with E-state index in [-0.39, 0.29) is 18.2 Å². The fourth-order valence-corrected chi connectivity index (χ4v) is 4.87. The van der Waals surface area contributed by atoms with Crippen LogP contribution in [0.4, 0.5) is 25.5 Å². The molecule has 32 heavy (non-hydrogen) atoms. The Morgan fingerprint density at radius 1 is 1.22 bits per heavy atom. The minimum atomic E-state index is -0.631. The Balaban J connectivity index is 1.28. The van der Waals surface area contributed by atoms with Crippen LogP contribution in [0.2, 0.25) is 0 Å². The predicted molar refractivity (Wildman–Crippen MR) is 115 cm³/mol. The number of ether oxygens (including phenoxy) is 1. The number of rotatable bonds is 2. The van der Waals surface area contributed by atoms with Crippen molar-refractivity contribution in [2.45, 2.75) is 31.4 Å². The van der Waals surface area contributed by atoms with E-state index in [2.05, 4.69) is 20.2 Å². The number of nitrogens with one attached hydrogen (secondary N) is 1. The number of aryl methyl sites for hydroxylation is 1. The summed E-state index contributed by atoms with van der Waals surface area (Å²) in [6.07, 6.45) is 2.74. The monoisotopic (exact) mass is 440 g/mol. The number of carbonyl (C=O) groups is 2. The molecule has 0 saturated carbocycles. The van der Waals surface area contributed by atoms with Crippen LogP contribution in [0.5, 0.6) is 0 Å². The van der Waals surface area contributed by atoms with Crippen molar-refractivity contribution in [3.63, 3.8) is 0 Å². The molecule has 3 aliphatic heterocycles. The SMILES string of the molecule is Cc1nccc(N2CCC3(CC2)OC(=O)N2CCN(C(=O)Nc4cccc(F)c4)CC23)n1. The molecule has 1 spiro atoms. The van der Waals surface area contributed by atoms with Crippen LogP contribution < -0.4 is 10.2 Å². The van der Waals surface area contributed by atoms with Crippen molar-refractivity contribution in [3.8, 4) is 0 Å². The first-order valence-corrected chi connectivity index (χ1v) is 10.8. The number of nitrogens with zero attached hydrogens (tertiary/aromatic N) is 5. The van der Waals surface area contributed by atoms with Crippen LogP contribution in [0.3, 0.4) is 0 Å². The molecule has 168 valence electrons. The summed E-state index contributed by atoms with van der Waals surface area (Å²) in [7, 11) is 0. The predicted octanol–water partition coefficient (Wildman–Crippen LogP) is 2.63. The molecule has 4 heterocycles. The van der Waals surface area contributed by atoms with Gasteiger partial charge in [-0.3, -0.25) is 4.90 Å². The Bertz CT molecular complexity index is 1040. The number of amides is 3. The average Bonchev–Trinajstić information content (AvgIpc) is 3.05. The first-order chi connectivity index (χ1) is 15.4. The van der Waals surface area contributed by atoms with Crippen molar-refractivity contribution in [1.29, 1.82) is 0 Å².